The Bertz CT molecular complexity index is 476. The van der Waals surface area contributed by atoms with E-state index in [9.17, 15) is 8.42 Å². The van der Waals surface area contributed by atoms with E-state index in [0.717, 1.165) is 18.5 Å². The normalized spacial score (nSPS) is 12.2. The molecule has 0 aliphatic heterocycles. The molecule has 2 N–H and O–H groups in total. The Morgan fingerprint density at radius 2 is 1.65 bits per heavy atom. The van der Waals surface area contributed by atoms with Gasteiger partial charge in [0.2, 0.25) is 10.0 Å². The van der Waals surface area contributed by atoms with E-state index < -0.39 is 10.0 Å². The zero-order valence-corrected chi connectivity index (χ0v) is 11.6. The molecule has 0 atom stereocenters. The SMILES string of the molecule is CC(C)(C)CNc1ccccc1NS(C)(=O)=O. The zero-order valence-electron chi connectivity index (χ0n) is 10.7. The lowest BCUT2D eigenvalue weighted by molar-refractivity contribution is 0.443. The van der Waals surface area contributed by atoms with Crippen molar-refractivity contribution in [1.29, 1.82) is 0 Å². The first-order chi connectivity index (χ1) is 7.67. The van der Waals surface area contributed by atoms with Crippen molar-refractivity contribution in [2.45, 2.75) is 20.8 Å². The van der Waals surface area contributed by atoms with Crippen LogP contribution in [0, 0.1) is 5.41 Å². The minimum Gasteiger partial charge on any atom is -0.383 e. The molecule has 4 nitrogen and oxygen atoms in total. The lowest BCUT2D eigenvalue weighted by Crippen LogP contribution is -2.20. The predicted molar refractivity (Wildman–Crippen MR) is 72.9 cm³/mol. The lowest BCUT2D eigenvalue weighted by Gasteiger charge is -2.21. The van der Waals surface area contributed by atoms with Gasteiger partial charge >= 0.3 is 0 Å². The number of anilines is 2. The van der Waals surface area contributed by atoms with Crippen molar-refractivity contribution in [2.75, 3.05) is 22.8 Å². The maximum absolute atomic E-state index is 11.2. The third kappa shape index (κ3) is 5.58. The summed E-state index contributed by atoms with van der Waals surface area (Å²) in [5.74, 6) is 0. The molecule has 1 rings (SSSR count). The molecule has 0 radical (unpaired) electrons. The van der Waals surface area contributed by atoms with Crippen molar-refractivity contribution >= 4 is 21.4 Å². The van der Waals surface area contributed by atoms with Crippen LogP contribution in [0.3, 0.4) is 0 Å². The maximum Gasteiger partial charge on any atom is 0.229 e. The monoisotopic (exact) mass is 256 g/mol. The van der Waals surface area contributed by atoms with E-state index in [0.29, 0.717) is 5.69 Å². The summed E-state index contributed by atoms with van der Waals surface area (Å²) in [7, 11) is -3.24. The average molecular weight is 256 g/mol. The second kappa shape index (κ2) is 4.96. The lowest BCUT2D eigenvalue weighted by atomic mass is 9.97. The van der Waals surface area contributed by atoms with Crippen molar-refractivity contribution in [2.24, 2.45) is 5.41 Å². The van der Waals surface area contributed by atoms with Crippen LogP contribution < -0.4 is 10.0 Å². The van der Waals surface area contributed by atoms with Gasteiger partial charge in [-0.1, -0.05) is 32.9 Å². The topological polar surface area (TPSA) is 58.2 Å². The standard InChI is InChI=1S/C12H20N2O2S/c1-12(2,3)9-13-10-7-5-6-8-11(10)14-17(4,15)16/h5-8,13-14H,9H2,1-4H3. The first kappa shape index (κ1) is 13.8. The number of sulfonamides is 1. The summed E-state index contributed by atoms with van der Waals surface area (Å²) in [4.78, 5) is 0. The highest BCUT2D eigenvalue weighted by Crippen LogP contribution is 2.23. The molecule has 5 heteroatoms. The molecule has 0 heterocycles. The van der Waals surface area contributed by atoms with E-state index in [2.05, 4.69) is 30.8 Å². The van der Waals surface area contributed by atoms with Gasteiger partial charge in [-0.25, -0.2) is 8.42 Å². The van der Waals surface area contributed by atoms with Crippen molar-refractivity contribution < 1.29 is 8.42 Å². The number of benzene rings is 1. The third-order valence-corrected chi connectivity index (χ3v) is 2.62. The summed E-state index contributed by atoms with van der Waals surface area (Å²) in [6.07, 6.45) is 1.15. The molecule has 0 spiro atoms. The second-order valence-electron chi connectivity index (χ2n) is 5.33. The van der Waals surface area contributed by atoms with Crippen LogP contribution in [0.4, 0.5) is 11.4 Å². The molecule has 1 aromatic rings. The minimum atomic E-state index is -3.24. The molecular weight excluding hydrogens is 236 g/mol. The Morgan fingerprint density at radius 3 is 2.12 bits per heavy atom. The second-order valence-corrected chi connectivity index (χ2v) is 7.08. The molecule has 0 unspecified atom stereocenters. The van der Waals surface area contributed by atoms with Gasteiger partial charge in [-0.3, -0.25) is 4.72 Å². The van der Waals surface area contributed by atoms with Crippen molar-refractivity contribution in [3.05, 3.63) is 24.3 Å². The van der Waals surface area contributed by atoms with Gasteiger partial charge in [-0.15, -0.1) is 0 Å². The van der Waals surface area contributed by atoms with Crippen LogP contribution in [0.5, 0.6) is 0 Å². The summed E-state index contributed by atoms with van der Waals surface area (Å²) < 4.78 is 24.9. The summed E-state index contributed by atoms with van der Waals surface area (Å²) in [5.41, 5.74) is 1.52. The van der Waals surface area contributed by atoms with Gasteiger partial charge in [0.25, 0.3) is 0 Å². The van der Waals surface area contributed by atoms with Gasteiger partial charge in [-0.05, 0) is 17.5 Å². The highest BCUT2D eigenvalue weighted by molar-refractivity contribution is 7.92. The summed E-state index contributed by atoms with van der Waals surface area (Å²) >= 11 is 0. The highest BCUT2D eigenvalue weighted by Gasteiger charge is 2.12. The molecule has 17 heavy (non-hydrogen) atoms. The first-order valence-corrected chi connectivity index (χ1v) is 7.37. The van der Waals surface area contributed by atoms with Gasteiger partial charge in [0.15, 0.2) is 0 Å². The molecule has 0 bridgehead atoms. The fourth-order valence-electron chi connectivity index (χ4n) is 1.29. The molecular formula is C12H20N2O2S. The van der Waals surface area contributed by atoms with Crippen molar-refractivity contribution in [3.8, 4) is 0 Å². The molecule has 1 aromatic carbocycles. The van der Waals surface area contributed by atoms with Crippen LogP contribution in [-0.2, 0) is 10.0 Å². The van der Waals surface area contributed by atoms with Gasteiger partial charge in [0.1, 0.15) is 0 Å². The molecule has 0 aliphatic carbocycles. The Hall–Kier alpha value is -1.23. The number of hydrogen-bond donors (Lipinski definition) is 2. The molecule has 0 aromatic heterocycles. The van der Waals surface area contributed by atoms with E-state index in [4.69, 9.17) is 0 Å². The number of para-hydroxylation sites is 2. The summed E-state index contributed by atoms with van der Waals surface area (Å²) in [6, 6.07) is 7.28. The molecule has 96 valence electrons. The van der Waals surface area contributed by atoms with Gasteiger partial charge < -0.3 is 5.32 Å². The highest BCUT2D eigenvalue weighted by atomic mass is 32.2. The molecule has 0 aliphatic rings. The minimum absolute atomic E-state index is 0.137. The Morgan fingerprint density at radius 1 is 1.12 bits per heavy atom. The van der Waals surface area contributed by atoms with E-state index >= 15 is 0 Å². The maximum atomic E-state index is 11.2. The zero-order chi connectivity index (χ0) is 13.1. The van der Waals surface area contributed by atoms with Gasteiger partial charge in [0.05, 0.1) is 17.6 Å². The fraction of sp³-hybridized carbons (Fsp3) is 0.500. The summed E-state index contributed by atoms with van der Waals surface area (Å²) in [5, 5.41) is 3.25. The van der Waals surface area contributed by atoms with Crippen molar-refractivity contribution in [1.82, 2.24) is 0 Å². The largest absolute Gasteiger partial charge is 0.383 e. The fourth-order valence-corrected chi connectivity index (χ4v) is 1.86. The first-order valence-electron chi connectivity index (χ1n) is 5.48. The van der Waals surface area contributed by atoms with Crippen LogP contribution in [0.15, 0.2) is 24.3 Å². The molecule has 0 fully saturated rings. The summed E-state index contributed by atoms with van der Waals surface area (Å²) in [6.45, 7) is 7.13. The van der Waals surface area contributed by atoms with Crippen molar-refractivity contribution in [3.63, 3.8) is 0 Å². The van der Waals surface area contributed by atoms with Crippen LogP contribution >= 0.6 is 0 Å². The van der Waals surface area contributed by atoms with Gasteiger partial charge in [0, 0.05) is 6.54 Å². The van der Waals surface area contributed by atoms with Crippen LogP contribution in [0.25, 0.3) is 0 Å². The number of rotatable bonds is 4. The Kier molecular flexibility index (Phi) is 4.03. The van der Waals surface area contributed by atoms with Gasteiger partial charge in [-0.2, -0.15) is 0 Å². The van der Waals surface area contributed by atoms with E-state index in [1.807, 2.05) is 12.1 Å². The third-order valence-electron chi connectivity index (χ3n) is 2.03. The Balaban J connectivity index is 2.85. The number of nitrogens with one attached hydrogen (secondary N) is 2. The smallest absolute Gasteiger partial charge is 0.229 e. The molecule has 0 saturated carbocycles. The molecule has 0 amide bonds. The predicted octanol–water partition coefficient (Wildman–Crippen LogP) is 2.52. The average Bonchev–Trinajstić information content (AvgIpc) is 2.12. The van der Waals surface area contributed by atoms with Crippen LogP contribution in [-0.4, -0.2) is 21.2 Å². The van der Waals surface area contributed by atoms with Crippen LogP contribution in [0.2, 0.25) is 0 Å². The molecule has 0 saturated heterocycles. The Labute approximate surface area is 103 Å². The van der Waals surface area contributed by atoms with E-state index in [1.165, 1.54) is 0 Å². The quantitative estimate of drug-likeness (QED) is 0.870. The van der Waals surface area contributed by atoms with E-state index in [-0.39, 0.29) is 5.41 Å². The van der Waals surface area contributed by atoms with Crippen LogP contribution in [0.1, 0.15) is 20.8 Å². The van der Waals surface area contributed by atoms with E-state index in [1.54, 1.807) is 12.1 Å². The number of hydrogen-bond acceptors (Lipinski definition) is 3.